The van der Waals surface area contributed by atoms with Crippen molar-refractivity contribution >= 4 is 50.7 Å². The van der Waals surface area contributed by atoms with Gasteiger partial charge in [0.2, 0.25) is 0 Å². The minimum Gasteiger partial charge on any atom is -0.369 e. The van der Waals surface area contributed by atoms with Crippen LogP contribution in [0.1, 0.15) is 25.9 Å². The lowest BCUT2D eigenvalue weighted by Crippen LogP contribution is -2.29. The summed E-state index contributed by atoms with van der Waals surface area (Å²) in [5, 5.41) is 6.66. The van der Waals surface area contributed by atoms with E-state index in [0.29, 0.717) is 22.2 Å². The summed E-state index contributed by atoms with van der Waals surface area (Å²) in [5.74, 6) is 0.0584. The van der Waals surface area contributed by atoms with Gasteiger partial charge in [0.1, 0.15) is 10.5 Å². The number of hydrogen-bond donors (Lipinski definition) is 3. The van der Waals surface area contributed by atoms with Crippen LogP contribution in [-0.4, -0.2) is 37.3 Å². The number of nitrogen functional groups attached to an aromatic ring is 1. The van der Waals surface area contributed by atoms with Gasteiger partial charge in [0.25, 0.3) is 5.91 Å². The molecule has 0 radical (unpaired) electrons. The van der Waals surface area contributed by atoms with E-state index in [4.69, 9.17) is 5.73 Å². The van der Waals surface area contributed by atoms with Crippen molar-refractivity contribution in [1.29, 1.82) is 0 Å². The number of thiazole rings is 2. The Morgan fingerprint density at radius 1 is 1.36 bits per heavy atom. The van der Waals surface area contributed by atoms with Gasteiger partial charge in [-0.25, -0.2) is 15.0 Å². The van der Waals surface area contributed by atoms with E-state index < -0.39 is 0 Å². The number of H-pyrrole nitrogens is 1. The van der Waals surface area contributed by atoms with E-state index in [2.05, 4.69) is 30.2 Å². The van der Waals surface area contributed by atoms with Crippen molar-refractivity contribution in [3.63, 3.8) is 0 Å². The van der Waals surface area contributed by atoms with E-state index in [1.54, 1.807) is 23.5 Å². The first kappa shape index (κ1) is 17.3. The summed E-state index contributed by atoms with van der Waals surface area (Å²) in [5.41, 5.74) is 8.57. The highest BCUT2D eigenvalue weighted by atomic mass is 32.1. The highest BCUT2D eigenvalue weighted by Crippen LogP contribution is 2.30. The number of amides is 1. The Morgan fingerprint density at radius 2 is 2.29 bits per heavy atom. The summed E-state index contributed by atoms with van der Waals surface area (Å²) in [7, 11) is 0. The van der Waals surface area contributed by atoms with Crippen LogP contribution >= 0.6 is 22.7 Å². The van der Waals surface area contributed by atoms with Gasteiger partial charge >= 0.3 is 0 Å². The number of nitrogens with one attached hydrogen (secondary N) is 2. The lowest BCUT2D eigenvalue weighted by Gasteiger charge is -2.24. The molecule has 0 saturated heterocycles. The normalized spacial score (nSPS) is 14.3. The second-order valence-corrected chi connectivity index (χ2v) is 8.62. The second kappa shape index (κ2) is 6.97. The van der Waals surface area contributed by atoms with Gasteiger partial charge in [-0.2, -0.15) is 0 Å². The minimum absolute atomic E-state index is 0.233. The third-order valence-electron chi connectivity index (χ3n) is 4.65. The topological polar surface area (TPSA) is 113 Å². The number of benzene rings is 1. The van der Waals surface area contributed by atoms with Crippen LogP contribution in [0.5, 0.6) is 0 Å². The number of carbonyl (C=O) groups is 1. The van der Waals surface area contributed by atoms with E-state index in [-0.39, 0.29) is 5.91 Å². The lowest BCUT2D eigenvalue weighted by molar-refractivity contribution is 0.102. The first-order chi connectivity index (χ1) is 13.7. The van der Waals surface area contributed by atoms with Crippen LogP contribution in [0.4, 0.5) is 11.1 Å². The average molecular weight is 412 g/mol. The maximum Gasteiger partial charge on any atom is 0.259 e. The van der Waals surface area contributed by atoms with Crippen LogP contribution < -0.4 is 11.1 Å². The number of anilines is 2. The fourth-order valence-corrected chi connectivity index (χ4v) is 5.06. The van der Waals surface area contributed by atoms with Crippen LogP contribution in [0.15, 0.2) is 29.8 Å². The van der Waals surface area contributed by atoms with Crippen molar-refractivity contribution in [1.82, 2.24) is 24.8 Å². The third kappa shape index (κ3) is 3.26. The Kier molecular flexibility index (Phi) is 4.30. The molecule has 4 aromatic rings. The Labute approximate surface area is 168 Å². The molecule has 0 fully saturated rings. The van der Waals surface area contributed by atoms with E-state index in [1.165, 1.54) is 16.2 Å². The van der Waals surface area contributed by atoms with Gasteiger partial charge in [-0.1, -0.05) is 6.07 Å². The van der Waals surface area contributed by atoms with Crippen LogP contribution in [0, 0.1) is 0 Å². The van der Waals surface area contributed by atoms with Gasteiger partial charge in [0.15, 0.2) is 11.1 Å². The first-order valence-electron chi connectivity index (χ1n) is 8.80. The molecule has 0 unspecified atom stereocenters. The fourth-order valence-electron chi connectivity index (χ4n) is 3.36. The number of hydrogen-bond acceptors (Lipinski definition) is 8. The van der Waals surface area contributed by atoms with Crippen molar-refractivity contribution in [3.8, 4) is 0 Å². The molecule has 10 heteroatoms. The van der Waals surface area contributed by atoms with Crippen molar-refractivity contribution in [2.45, 2.75) is 19.5 Å². The molecule has 8 nitrogen and oxygen atoms in total. The Bertz CT molecular complexity index is 1150. The van der Waals surface area contributed by atoms with Crippen molar-refractivity contribution in [2.24, 2.45) is 0 Å². The SMILES string of the molecule is Nc1nc2c(C(=O)Nc3nc4c(s3)CN(Cc3nccs3)CC4)cccc2[nH]1. The van der Waals surface area contributed by atoms with Crippen LogP contribution in [0.25, 0.3) is 11.0 Å². The summed E-state index contributed by atoms with van der Waals surface area (Å²) in [6.45, 7) is 2.61. The summed E-state index contributed by atoms with van der Waals surface area (Å²) in [4.78, 5) is 32.5. The molecule has 4 heterocycles. The number of fused-ring (bicyclic) bond motifs is 2. The molecule has 0 saturated carbocycles. The zero-order chi connectivity index (χ0) is 19.1. The highest BCUT2D eigenvalue weighted by molar-refractivity contribution is 7.15. The van der Waals surface area contributed by atoms with Crippen molar-refractivity contribution < 1.29 is 4.79 Å². The minimum atomic E-state index is -0.233. The van der Waals surface area contributed by atoms with E-state index in [9.17, 15) is 4.79 Å². The molecule has 142 valence electrons. The lowest BCUT2D eigenvalue weighted by atomic mass is 10.1. The van der Waals surface area contributed by atoms with Gasteiger partial charge in [0.05, 0.1) is 23.3 Å². The summed E-state index contributed by atoms with van der Waals surface area (Å²) in [6.07, 6.45) is 2.71. The number of aromatic nitrogens is 4. The Morgan fingerprint density at radius 3 is 3.14 bits per heavy atom. The van der Waals surface area contributed by atoms with Crippen LogP contribution in [0.2, 0.25) is 0 Å². The predicted molar refractivity (Wildman–Crippen MR) is 111 cm³/mol. The van der Waals surface area contributed by atoms with E-state index >= 15 is 0 Å². The zero-order valence-electron chi connectivity index (χ0n) is 14.8. The standard InChI is InChI=1S/C18H17N7OS2/c19-17-21-12-3-1-2-10(15(12)23-17)16(26)24-18-22-11-4-6-25(8-13(11)28-18)9-14-20-5-7-27-14/h1-3,5,7H,4,6,8-9H2,(H3,19,21,23)(H,22,24,26). The van der Waals surface area contributed by atoms with E-state index in [1.807, 2.05) is 17.6 Å². The molecular weight excluding hydrogens is 394 g/mol. The summed E-state index contributed by atoms with van der Waals surface area (Å²) >= 11 is 3.20. The second-order valence-electron chi connectivity index (χ2n) is 6.55. The maximum absolute atomic E-state index is 12.8. The number of rotatable bonds is 4. The number of imidazole rings is 1. The van der Waals surface area contributed by atoms with Gasteiger partial charge in [0, 0.05) is 36.0 Å². The third-order valence-corrected chi connectivity index (χ3v) is 6.41. The molecular formula is C18H17N7OS2. The largest absolute Gasteiger partial charge is 0.369 e. The van der Waals surface area contributed by atoms with Crippen molar-refractivity contribution in [2.75, 3.05) is 17.6 Å². The number of carbonyl (C=O) groups excluding carboxylic acids is 1. The summed E-state index contributed by atoms with van der Waals surface area (Å²) < 4.78 is 0. The summed E-state index contributed by atoms with van der Waals surface area (Å²) in [6, 6.07) is 5.38. The molecule has 1 aliphatic rings. The predicted octanol–water partition coefficient (Wildman–Crippen LogP) is 2.87. The quantitative estimate of drug-likeness (QED) is 0.476. The maximum atomic E-state index is 12.8. The smallest absolute Gasteiger partial charge is 0.259 e. The first-order valence-corrected chi connectivity index (χ1v) is 10.5. The molecule has 0 atom stereocenters. The molecule has 1 amide bonds. The molecule has 1 aromatic carbocycles. The van der Waals surface area contributed by atoms with Gasteiger partial charge in [-0.3, -0.25) is 15.0 Å². The Balaban J connectivity index is 1.33. The van der Waals surface area contributed by atoms with Crippen molar-refractivity contribution in [3.05, 3.63) is 50.9 Å². The molecule has 1 aliphatic heterocycles. The average Bonchev–Trinajstić information content (AvgIpc) is 3.39. The number of para-hydroxylation sites is 1. The fraction of sp³-hybridized carbons (Fsp3) is 0.222. The molecule has 0 aliphatic carbocycles. The molecule has 0 spiro atoms. The van der Waals surface area contributed by atoms with Gasteiger partial charge < -0.3 is 10.7 Å². The molecule has 4 N–H and O–H groups in total. The van der Waals surface area contributed by atoms with E-state index in [0.717, 1.165) is 42.3 Å². The number of nitrogens with two attached hydrogens (primary N) is 1. The molecule has 0 bridgehead atoms. The monoisotopic (exact) mass is 411 g/mol. The number of aromatic amines is 1. The Hall–Kier alpha value is -2.82. The highest BCUT2D eigenvalue weighted by Gasteiger charge is 2.22. The van der Waals surface area contributed by atoms with Crippen LogP contribution in [-0.2, 0) is 19.5 Å². The zero-order valence-corrected chi connectivity index (χ0v) is 16.4. The molecule has 5 rings (SSSR count). The molecule has 28 heavy (non-hydrogen) atoms. The van der Waals surface area contributed by atoms with Gasteiger partial charge in [-0.05, 0) is 12.1 Å². The van der Waals surface area contributed by atoms with Gasteiger partial charge in [-0.15, -0.1) is 22.7 Å². The van der Waals surface area contributed by atoms with Crippen LogP contribution in [0.3, 0.4) is 0 Å². The number of nitrogens with zero attached hydrogens (tertiary/aromatic N) is 4. The molecule has 3 aromatic heterocycles.